The van der Waals surface area contributed by atoms with E-state index in [-0.39, 0.29) is 10.6 Å². The van der Waals surface area contributed by atoms with Gasteiger partial charge in [-0.3, -0.25) is 4.79 Å². The van der Waals surface area contributed by atoms with Gasteiger partial charge in [-0.25, -0.2) is 4.68 Å². The molecule has 1 aliphatic heterocycles. The van der Waals surface area contributed by atoms with Crippen LogP contribution >= 0.6 is 11.6 Å². The first-order valence-electron chi connectivity index (χ1n) is 6.75. The Morgan fingerprint density at radius 2 is 2.16 bits per heavy atom. The van der Waals surface area contributed by atoms with Gasteiger partial charge in [0, 0.05) is 19.6 Å². The maximum atomic E-state index is 11.7. The topological polar surface area (TPSA) is 50.2 Å². The summed E-state index contributed by atoms with van der Waals surface area (Å²) in [5.74, 6) is 0. The molecule has 5 nitrogen and oxygen atoms in total. The zero-order valence-corrected chi connectivity index (χ0v) is 12.3. The summed E-state index contributed by atoms with van der Waals surface area (Å²) in [6.07, 6.45) is 6.45. The molecule has 0 aliphatic carbocycles. The van der Waals surface area contributed by atoms with Gasteiger partial charge in [0.05, 0.1) is 11.9 Å². The molecule has 1 aromatic heterocycles. The Labute approximate surface area is 118 Å². The van der Waals surface area contributed by atoms with Crippen LogP contribution in [-0.4, -0.2) is 40.9 Å². The molecule has 0 saturated carbocycles. The summed E-state index contributed by atoms with van der Waals surface area (Å²) in [6, 6.07) is 0.316. The summed E-state index contributed by atoms with van der Waals surface area (Å²) < 4.78 is 1.25. The highest BCUT2D eigenvalue weighted by Crippen LogP contribution is 2.19. The number of hydrogen-bond donors (Lipinski definition) is 1. The molecule has 1 aliphatic rings. The summed E-state index contributed by atoms with van der Waals surface area (Å²) in [5.41, 5.74) is 0.384. The van der Waals surface area contributed by atoms with Crippen LogP contribution in [0, 0.1) is 0 Å². The average molecular weight is 285 g/mol. The number of anilines is 1. The van der Waals surface area contributed by atoms with Crippen molar-refractivity contribution in [3.8, 4) is 0 Å². The van der Waals surface area contributed by atoms with Gasteiger partial charge in [-0.2, -0.15) is 5.10 Å². The van der Waals surface area contributed by atoms with E-state index in [4.69, 9.17) is 11.6 Å². The third kappa shape index (κ3) is 3.70. The van der Waals surface area contributed by atoms with Crippen molar-refractivity contribution in [2.75, 3.05) is 25.5 Å². The van der Waals surface area contributed by atoms with Crippen molar-refractivity contribution in [1.29, 1.82) is 0 Å². The van der Waals surface area contributed by atoms with E-state index >= 15 is 0 Å². The standard InChI is InChI=1S/C13H21ClN4O/c1-17-7-5-3-4-6-10(9-17)16-11-8-15-18(2)13(19)12(11)14/h8,10,16H,3-7,9H2,1-2H3. The Hall–Kier alpha value is -1.07. The van der Waals surface area contributed by atoms with Crippen LogP contribution < -0.4 is 10.9 Å². The second-order valence-corrected chi connectivity index (χ2v) is 5.63. The largest absolute Gasteiger partial charge is 0.378 e. The van der Waals surface area contributed by atoms with Gasteiger partial charge in [0.1, 0.15) is 5.02 Å². The van der Waals surface area contributed by atoms with Crippen molar-refractivity contribution in [3.05, 3.63) is 21.6 Å². The van der Waals surface area contributed by atoms with Gasteiger partial charge < -0.3 is 10.2 Å². The molecule has 1 aromatic rings. The van der Waals surface area contributed by atoms with Gasteiger partial charge in [0.15, 0.2) is 0 Å². The number of rotatable bonds is 2. The first-order chi connectivity index (χ1) is 9.08. The summed E-state index contributed by atoms with van der Waals surface area (Å²) in [4.78, 5) is 14.1. The molecular weight excluding hydrogens is 264 g/mol. The fourth-order valence-corrected chi connectivity index (χ4v) is 2.68. The molecule has 1 atom stereocenters. The van der Waals surface area contributed by atoms with Crippen molar-refractivity contribution < 1.29 is 0 Å². The lowest BCUT2D eigenvalue weighted by Gasteiger charge is -2.28. The third-order valence-corrected chi connectivity index (χ3v) is 3.93. The number of hydrogen-bond acceptors (Lipinski definition) is 4. The molecule has 2 heterocycles. The third-order valence-electron chi connectivity index (χ3n) is 3.56. The monoisotopic (exact) mass is 284 g/mol. The van der Waals surface area contributed by atoms with Gasteiger partial charge in [-0.1, -0.05) is 24.4 Å². The Morgan fingerprint density at radius 3 is 2.95 bits per heavy atom. The fraction of sp³-hybridized carbons (Fsp3) is 0.692. The van der Waals surface area contributed by atoms with Crippen molar-refractivity contribution in [2.45, 2.75) is 31.7 Å². The molecular formula is C13H21ClN4O. The van der Waals surface area contributed by atoms with E-state index in [1.54, 1.807) is 13.2 Å². The molecule has 1 unspecified atom stereocenters. The van der Waals surface area contributed by atoms with Crippen LogP contribution in [0.25, 0.3) is 0 Å². The Balaban J connectivity index is 2.11. The summed E-state index contributed by atoms with van der Waals surface area (Å²) in [5, 5.41) is 7.60. The molecule has 0 amide bonds. The van der Waals surface area contributed by atoms with Gasteiger partial charge in [0.25, 0.3) is 5.56 Å². The smallest absolute Gasteiger partial charge is 0.287 e. The lowest BCUT2D eigenvalue weighted by Crippen LogP contribution is -2.37. The normalized spacial score (nSPS) is 21.7. The maximum Gasteiger partial charge on any atom is 0.287 e. The number of aryl methyl sites for hydroxylation is 1. The van der Waals surface area contributed by atoms with E-state index in [0.29, 0.717) is 11.7 Å². The molecule has 2 rings (SSSR count). The van der Waals surface area contributed by atoms with Crippen LogP contribution in [0.15, 0.2) is 11.0 Å². The Morgan fingerprint density at radius 1 is 1.37 bits per heavy atom. The number of nitrogens with zero attached hydrogens (tertiary/aromatic N) is 3. The maximum absolute atomic E-state index is 11.7. The molecule has 1 saturated heterocycles. The van der Waals surface area contributed by atoms with E-state index in [1.165, 1.54) is 23.9 Å². The second-order valence-electron chi connectivity index (χ2n) is 5.25. The van der Waals surface area contributed by atoms with Crippen LogP contribution in [0.1, 0.15) is 25.7 Å². The van der Waals surface area contributed by atoms with Gasteiger partial charge in [-0.05, 0) is 26.4 Å². The van der Waals surface area contributed by atoms with Crippen molar-refractivity contribution in [1.82, 2.24) is 14.7 Å². The lowest BCUT2D eigenvalue weighted by molar-refractivity contribution is 0.284. The average Bonchev–Trinajstić information content (AvgIpc) is 2.36. The van der Waals surface area contributed by atoms with Crippen molar-refractivity contribution in [3.63, 3.8) is 0 Å². The fourth-order valence-electron chi connectivity index (χ4n) is 2.46. The van der Waals surface area contributed by atoms with Gasteiger partial charge in [0.2, 0.25) is 0 Å². The number of aromatic nitrogens is 2. The molecule has 6 heteroatoms. The minimum atomic E-state index is -0.258. The highest BCUT2D eigenvalue weighted by molar-refractivity contribution is 6.32. The van der Waals surface area contributed by atoms with Crippen LogP contribution in [0.4, 0.5) is 5.69 Å². The zero-order chi connectivity index (χ0) is 13.8. The van der Waals surface area contributed by atoms with E-state index in [0.717, 1.165) is 19.5 Å². The lowest BCUT2D eigenvalue weighted by atomic mass is 10.0. The zero-order valence-electron chi connectivity index (χ0n) is 11.5. The molecule has 0 aromatic carbocycles. The predicted octanol–water partition coefficient (Wildman–Crippen LogP) is 1.72. The summed E-state index contributed by atoms with van der Waals surface area (Å²) in [6.45, 7) is 2.09. The van der Waals surface area contributed by atoms with Crippen molar-refractivity contribution in [2.24, 2.45) is 7.05 Å². The number of halogens is 1. The predicted molar refractivity (Wildman–Crippen MR) is 77.9 cm³/mol. The van der Waals surface area contributed by atoms with Crippen LogP contribution in [0.3, 0.4) is 0 Å². The quantitative estimate of drug-likeness (QED) is 0.898. The highest BCUT2D eigenvalue weighted by atomic mass is 35.5. The van der Waals surface area contributed by atoms with Gasteiger partial charge in [-0.15, -0.1) is 0 Å². The molecule has 19 heavy (non-hydrogen) atoms. The summed E-state index contributed by atoms with van der Waals surface area (Å²) >= 11 is 6.08. The first kappa shape index (κ1) is 14.3. The van der Waals surface area contributed by atoms with E-state index in [1.807, 2.05) is 0 Å². The first-order valence-corrected chi connectivity index (χ1v) is 7.12. The molecule has 1 N–H and O–H groups in total. The van der Waals surface area contributed by atoms with E-state index < -0.39 is 0 Å². The number of likely N-dealkylation sites (N-methyl/N-ethyl adjacent to an activating group) is 1. The molecule has 0 radical (unpaired) electrons. The molecule has 0 spiro atoms. The Kier molecular flexibility index (Phi) is 4.82. The van der Waals surface area contributed by atoms with Crippen LogP contribution in [-0.2, 0) is 7.05 Å². The van der Waals surface area contributed by atoms with Crippen molar-refractivity contribution >= 4 is 17.3 Å². The number of likely N-dealkylation sites (tertiary alicyclic amines) is 1. The van der Waals surface area contributed by atoms with Crippen LogP contribution in [0.5, 0.6) is 0 Å². The highest BCUT2D eigenvalue weighted by Gasteiger charge is 2.16. The van der Waals surface area contributed by atoms with E-state index in [9.17, 15) is 4.79 Å². The summed E-state index contributed by atoms with van der Waals surface area (Å²) in [7, 11) is 3.73. The van der Waals surface area contributed by atoms with E-state index in [2.05, 4.69) is 22.4 Å². The minimum absolute atomic E-state index is 0.224. The second kappa shape index (κ2) is 6.39. The van der Waals surface area contributed by atoms with Gasteiger partial charge >= 0.3 is 0 Å². The Bertz CT molecular complexity index is 488. The SMILES string of the molecule is CN1CCCCCC(Nc2cnn(C)c(=O)c2Cl)C1. The molecule has 1 fully saturated rings. The molecule has 0 bridgehead atoms. The molecule has 106 valence electrons. The number of nitrogens with one attached hydrogen (secondary N) is 1. The van der Waals surface area contributed by atoms with Crippen LogP contribution in [0.2, 0.25) is 5.02 Å². The minimum Gasteiger partial charge on any atom is -0.378 e.